The molecule has 7 nitrogen and oxygen atoms in total. The van der Waals surface area contributed by atoms with Gasteiger partial charge < -0.3 is 14.4 Å². The molecule has 1 aliphatic heterocycles. The minimum Gasteiger partial charge on any atom is -0.496 e. The summed E-state index contributed by atoms with van der Waals surface area (Å²) in [7, 11) is 1.59. The SMILES string of the molecule is COc1cc(N2CCOCC2)ccc1/C=N\NC(=O)[C@@H](C#N)c1ccccc1. The number of nitrogens with one attached hydrogen (secondary N) is 1. The lowest BCUT2D eigenvalue weighted by atomic mass is 10.0. The molecule has 0 bridgehead atoms. The summed E-state index contributed by atoms with van der Waals surface area (Å²) < 4.78 is 10.8. The molecule has 3 rings (SSSR count). The summed E-state index contributed by atoms with van der Waals surface area (Å²) in [4.78, 5) is 14.5. The Morgan fingerprint density at radius 2 is 2.04 bits per heavy atom. The van der Waals surface area contributed by atoms with E-state index < -0.39 is 11.8 Å². The van der Waals surface area contributed by atoms with Gasteiger partial charge in [0.25, 0.3) is 5.91 Å². The van der Waals surface area contributed by atoms with Crippen LogP contribution in [0.5, 0.6) is 5.75 Å². The molecule has 144 valence electrons. The van der Waals surface area contributed by atoms with E-state index in [2.05, 4.69) is 15.4 Å². The topological polar surface area (TPSA) is 87.0 Å². The van der Waals surface area contributed by atoms with Crippen molar-refractivity contribution < 1.29 is 14.3 Å². The molecular weight excluding hydrogens is 356 g/mol. The molecule has 0 aromatic heterocycles. The maximum atomic E-state index is 12.3. The van der Waals surface area contributed by atoms with Gasteiger partial charge in [0, 0.05) is 30.4 Å². The van der Waals surface area contributed by atoms with E-state index in [-0.39, 0.29) is 0 Å². The second-order valence-corrected chi connectivity index (χ2v) is 6.23. The second-order valence-electron chi connectivity index (χ2n) is 6.23. The number of hydrogen-bond donors (Lipinski definition) is 1. The first kappa shape index (κ1) is 19.4. The molecule has 1 aliphatic rings. The number of carbonyl (C=O) groups is 1. The molecule has 0 unspecified atom stereocenters. The van der Waals surface area contributed by atoms with Gasteiger partial charge in [0.05, 0.1) is 32.6 Å². The summed E-state index contributed by atoms with van der Waals surface area (Å²) in [5.74, 6) is -0.736. The monoisotopic (exact) mass is 378 g/mol. The molecule has 7 heteroatoms. The standard InChI is InChI=1S/C21H22N4O3/c1-27-20-13-18(25-9-11-28-12-10-25)8-7-17(20)15-23-24-21(26)19(14-22)16-5-3-2-4-6-16/h2-8,13,15,19H,9-12H2,1H3,(H,24,26)/b23-15-/t19-/m0/s1. The minimum atomic E-state index is -0.913. The summed E-state index contributed by atoms with van der Waals surface area (Å²) in [5.41, 5.74) is 4.85. The van der Waals surface area contributed by atoms with Crippen LogP contribution in [0.3, 0.4) is 0 Å². The van der Waals surface area contributed by atoms with Crippen LogP contribution < -0.4 is 15.1 Å². The molecule has 2 aromatic carbocycles. The maximum absolute atomic E-state index is 12.3. The Balaban J connectivity index is 1.68. The normalized spacial score (nSPS) is 15.1. The number of nitriles is 1. The van der Waals surface area contributed by atoms with Crippen LogP contribution in [-0.4, -0.2) is 45.5 Å². The number of hydrogen-bond acceptors (Lipinski definition) is 6. The van der Waals surface area contributed by atoms with Gasteiger partial charge in [-0.05, 0) is 17.7 Å². The van der Waals surface area contributed by atoms with Crippen LogP contribution in [0.1, 0.15) is 17.0 Å². The Bertz CT molecular complexity index is 871. The number of morpholine rings is 1. The largest absolute Gasteiger partial charge is 0.496 e. The van der Waals surface area contributed by atoms with Crippen molar-refractivity contribution in [2.45, 2.75) is 5.92 Å². The fraction of sp³-hybridized carbons (Fsp3) is 0.286. The highest BCUT2D eigenvalue weighted by Crippen LogP contribution is 2.25. The van der Waals surface area contributed by atoms with Gasteiger partial charge >= 0.3 is 0 Å². The first-order valence-electron chi connectivity index (χ1n) is 9.01. The van der Waals surface area contributed by atoms with Crippen LogP contribution in [0.25, 0.3) is 0 Å². The van der Waals surface area contributed by atoms with Crippen LogP contribution in [0, 0.1) is 11.3 Å². The third-order valence-electron chi connectivity index (χ3n) is 4.50. The quantitative estimate of drug-likeness (QED) is 0.616. The summed E-state index contributed by atoms with van der Waals surface area (Å²) in [5, 5.41) is 13.3. The van der Waals surface area contributed by atoms with Gasteiger partial charge in [-0.2, -0.15) is 10.4 Å². The molecule has 0 saturated carbocycles. The zero-order valence-corrected chi connectivity index (χ0v) is 15.7. The number of ether oxygens (including phenoxy) is 2. The Labute approximate surface area is 164 Å². The smallest absolute Gasteiger partial charge is 0.261 e. The highest BCUT2D eigenvalue weighted by molar-refractivity contribution is 5.89. The third-order valence-corrected chi connectivity index (χ3v) is 4.50. The Hall–Kier alpha value is -3.37. The highest BCUT2D eigenvalue weighted by atomic mass is 16.5. The van der Waals surface area contributed by atoms with Gasteiger partial charge in [-0.3, -0.25) is 4.79 Å². The van der Waals surface area contributed by atoms with E-state index in [1.807, 2.05) is 30.3 Å². The molecule has 1 amide bonds. The lowest BCUT2D eigenvalue weighted by molar-refractivity contribution is -0.121. The maximum Gasteiger partial charge on any atom is 0.261 e. The number of anilines is 1. The van der Waals surface area contributed by atoms with E-state index in [4.69, 9.17) is 9.47 Å². The molecular formula is C21H22N4O3. The molecule has 2 aromatic rings. The van der Waals surface area contributed by atoms with E-state index in [9.17, 15) is 10.1 Å². The fourth-order valence-corrected chi connectivity index (χ4v) is 2.98. The highest BCUT2D eigenvalue weighted by Gasteiger charge is 2.19. The zero-order valence-electron chi connectivity index (χ0n) is 15.7. The van der Waals surface area contributed by atoms with Gasteiger partial charge in [-0.1, -0.05) is 30.3 Å². The van der Waals surface area contributed by atoms with E-state index in [0.717, 1.165) is 24.3 Å². The van der Waals surface area contributed by atoms with Crippen LogP contribution in [0.2, 0.25) is 0 Å². The molecule has 0 radical (unpaired) electrons. The molecule has 1 atom stereocenters. The molecule has 1 fully saturated rings. The Morgan fingerprint density at radius 1 is 1.29 bits per heavy atom. The molecule has 1 heterocycles. The second kappa shape index (κ2) is 9.53. The van der Waals surface area contributed by atoms with Crippen LogP contribution in [-0.2, 0) is 9.53 Å². The average molecular weight is 378 g/mol. The number of benzene rings is 2. The number of rotatable bonds is 6. The van der Waals surface area contributed by atoms with Gasteiger partial charge in [0.2, 0.25) is 0 Å². The van der Waals surface area contributed by atoms with E-state index >= 15 is 0 Å². The first-order valence-corrected chi connectivity index (χ1v) is 9.01. The molecule has 0 spiro atoms. The van der Waals surface area contributed by atoms with Crippen molar-refractivity contribution in [1.82, 2.24) is 5.43 Å². The number of amides is 1. The Kier molecular flexibility index (Phi) is 6.60. The minimum absolute atomic E-state index is 0.478. The number of carbonyl (C=O) groups excluding carboxylic acids is 1. The van der Waals surface area contributed by atoms with E-state index in [1.54, 1.807) is 31.4 Å². The summed E-state index contributed by atoms with van der Waals surface area (Å²) in [6.07, 6.45) is 1.51. The van der Waals surface area contributed by atoms with Crippen molar-refractivity contribution in [1.29, 1.82) is 5.26 Å². The summed E-state index contributed by atoms with van der Waals surface area (Å²) in [6, 6.07) is 16.7. The summed E-state index contributed by atoms with van der Waals surface area (Å²) in [6.45, 7) is 3.08. The van der Waals surface area contributed by atoms with Crippen molar-refractivity contribution in [3.63, 3.8) is 0 Å². The van der Waals surface area contributed by atoms with Crippen molar-refractivity contribution >= 4 is 17.8 Å². The van der Waals surface area contributed by atoms with Crippen molar-refractivity contribution in [3.05, 3.63) is 59.7 Å². The van der Waals surface area contributed by atoms with Crippen LogP contribution in [0.15, 0.2) is 53.6 Å². The third kappa shape index (κ3) is 4.67. The van der Waals surface area contributed by atoms with Crippen molar-refractivity contribution in [2.24, 2.45) is 5.10 Å². The van der Waals surface area contributed by atoms with Gasteiger partial charge in [-0.15, -0.1) is 0 Å². The van der Waals surface area contributed by atoms with Gasteiger partial charge in [-0.25, -0.2) is 5.43 Å². The van der Waals surface area contributed by atoms with E-state index in [0.29, 0.717) is 24.5 Å². The first-order chi connectivity index (χ1) is 13.7. The number of hydrazone groups is 1. The summed E-state index contributed by atoms with van der Waals surface area (Å²) >= 11 is 0. The molecule has 0 aliphatic carbocycles. The van der Waals surface area contributed by atoms with Crippen molar-refractivity contribution in [2.75, 3.05) is 38.3 Å². The van der Waals surface area contributed by atoms with Gasteiger partial charge in [0.1, 0.15) is 5.75 Å². The molecule has 1 N–H and O–H groups in total. The molecule has 1 saturated heterocycles. The van der Waals surface area contributed by atoms with Crippen molar-refractivity contribution in [3.8, 4) is 11.8 Å². The van der Waals surface area contributed by atoms with Crippen LogP contribution >= 0.6 is 0 Å². The molecule has 28 heavy (non-hydrogen) atoms. The lowest BCUT2D eigenvalue weighted by Gasteiger charge is -2.29. The lowest BCUT2D eigenvalue weighted by Crippen LogP contribution is -2.36. The van der Waals surface area contributed by atoms with Gasteiger partial charge in [0.15, 0.2) is 5.92 Å². The van der Waals surface area contributed by atoms with E-state index in [1.165, 1.54) is 6.21 Å². The number of nitrogens with zero attached hydrogens (tertiary/aromatic N) is 3. The average Bonchev–Trinajstić information content (AvgIpc) is 2.76. The predicted molar refractivity (Wildman–Crippen MR) is 107 cm³/mol. The predicted octanol–water partition coefficient (Wildman–Crippen LogP) is 2.29. The zero-order chi connectivity index (χ0) is 19.8. The fourth-order valence-electron chi connectivity index (χ4n) is 2.98. The Morgan fingerprint density at radius 3 is 2.71 bits per heavy atom. The number of methoxy groups -OCH3 is 1. The van der Waals surface area contributed by atoms with Crippen LogP contribution in [0.4, 0.5) is 5.69 Å².